The molecule has 10 nitrogen and oxygen atoms in total. The van der Waals surface area contributed by atoms with E-state index in [0.717, 1.165) is 61.2 Å². The van der Waals surface area contributed by atoms with E-state index in [9.17, 15) is 8.42 Å². The third kappa shape index (κ3) is 4.37. The average molecular weight is 501 g/mol. The van der Waals surface area contributed by atoms with Crippen LogP contribution in [0.3, 0.4) is 0 Å². The lowest BCUT2D eigenvalue weighted by Gasteiger charge is -2.45. The first-order chi connectivity index (χ1) is 16.9. The van der Waals surface area contributed by atoms with Crippen molar-refractivity contribution in [3.05, 3.63) is 24.4 Å². The van der Waals surface area contributed by atoms with E-state index >= 15 is 0 Å². The molecule has 11 heteroatoms. The number of fused-ring (bicyclic) bond motifs is 3. The Morgan fingerprint density at radius 2 is 1.89 bits per heavy atom. The van der Waals surface area contributed by atoms with Crippen LogP contribution in [-0.4, -0.2) is 82.8 Å². The molecule has 6 heterocycles. The first-order valence-corrected chi connectivity index (χ1v) is 14.5. The molecule has 4 aliphatic rings. The van der Waals surface area contributed by atoms with Crippen LogP contribution in [0.25, 0.3) is 10.9 Å². The summed E-state index contributed by atoms with van der Waals surface area (Å²) in [7, 11) is -3.24. The maximum absolute atomic E-state index is 13.4. The van der Waals surface area contributed by atoms with Gasteiger partial charge in [0, 0.05) is 54.9 Å². The van der Waals surface area contributed by atoms with Gasteiger partial charge in [-0.25, -0.2) is 18.8 Å². The van der Waals surface area contributed by atoms with Gasteiger partial charge in [0.2, 0.25) is 10.0 Å². The summed E-state index contributed by atoms with van der Waals surface area (Å²) in [6.45, 7) is 6.49. The summed E-state index contributed by atoms with van der Waals surface area (Å²) in [5, 5.41) is 7.91. The fourth-order valence-electron chi connectivity index (χ4n) is 6.25. The number of likely N-dealkylation sites (tertiary alicyclic amines) is 1. The zero-order valence-electron chi connectivity index (χ0n) is 20.4. The molecule has 2 aromatic rings. The fraction of sp³-hybridized carbons (Fsp3) is 0.667. The Hall–Kier alpha value is -2.05. The third-order valence-electron chi connectivity index (χ3n) is 8.11. The number of pyridine rings is 2. The number of aromatic nitrogens is 2. The standard InChI is InChI=1S/C24H36N8O2S/c1-3-31-13-19(14-31)35(33,34)32-17-6-7-18(32)11-16(10-17)26-24-20-5-4-8-25-21(20)12-22(28-24)27-23-9-15(2)29-30-23/h4-5,8,12,15-19,23,29-30H,3,6-7,9-11,13-14H2,1-2H3,(H2,26,27,28)/t15?,16?,17-,18+,23?. The van der Waals surface area contributed by atoms with Gasteiger partial charge in [-0.2, -0.15) is 4.31 Å². The number of piperidine rings is 1. The van der Waals surface area contributed by atoms with Crippen molar-refractivity contribution >= 4 is 32.6 Å². The van der Waals surface area contributed by atoms with Crippen molar-refractivity contribution < 1.29 is 8.42 Å². The second-order valence-electron chi connectivity index (χ2n) is 10.6. The molecule has 0 amide bonds. The monoisotopic (exact) mass is 500 g/mol. The van der Waals surface area contributed by atoms with Gasteiger partial charge in [0.15, 0.2) is 0 Å². The minimum absolute atomic E-state index is 0.0767. The average Bonchev–Trinajstić information content (AvgIpc) is 3.33. The van der Waals surface area contributed by atoms with Crippen molar-refractivity contribution in [1.82, 2.24) is 30.0 Å². The van der Waals surface area contributed by atoms with Gasteiger partial charge < -0.3 is 15.5 Å². The summed E-state index contributed by atoms with van der Waals surface area (Å²) in [4.78, 5) is 11.7. The molecule has 0 saturated carbocycles. The first kappa shape index (κ1) is 23.4. The summed E-state index contributed by atoms with van der Waals surface area (Å²) < 4.78 is 28.7. The molecular weight excluding hydrogens is 464 g/mol. The molecule has 190 valence electrons. The summed E-state index contributed by atoms with van der Waals surface area (Å²) in [5.41, 5.74) is 7.38. The minimum Gasteiger partial charge on any atom is -0.367 e. The molecule has 6 rings (SSSR count). The van der Waals surface area contributed by atoms with E-state index in [1.165, 1.54) is 0 Å². The van der Waals surface area contributed by atoms with E-state index in [1.54, 1.807) is 6.20 Å². The first-order valence-electron chi connectivity index (χ1n) is 13.0. The molecule has 0 radical (unpaired) electrons. The topological polar surface area (TPSA) is 115 Å². The van der Waals surface area contributed by atoms with Crippen molar-refractivity contribution in [3.63, 3.8) is 0 Å². The summed E-state index contributed by atoms with van der Waals surface area (Å²) in [6, 6.07) is 6.70. The molecular formula is C24H36N8O2S. The number of nitrogens with zero attached hydrogens (tertiary/aromatic N) is 4. The van der Waals surface area contributed by atoms with Crippen LogP contribution < -0.4 is 21.5 Å². The zero-order valence-corrected chi connectivity index (χ0v) is 21.3. The quantitative estimate of drug-likeness (QED) is 0.451. The normalized spacial score (nSPS) is 32.1. The third-order valence-corrected chi connectivity index (χ3v) is 10.4. The van der Waals surface area contributed by atoms with Gasteiger partial charge in [0.05, 0.1) is 11.7 Å². The summed E-state index contributed by atoms with van der Waals surface area (Å²) in [6.07, 6.45) is 6.38. The minimum atomic E-state index is -3.24. The number of rotatable bonds is 7. The summed E-state index contributed by atoms with van der Waals surface area (Å²) >= 11 is 0. The van der Waals surface area contributed by atoms with Crippen molar-refractivity contribution in [2.45, 2.75) is 81.5 Å². The van der Waals surface area contributed by atoms with Gasteiger partial charge in [0.1, 0.15) is 16.9 Å². The molecule has 2 bridgehead atoms. The van der Waals surface area contributed by atoms with E-state index in [-0.39, 0.29) is 29.5 Å². The Labute approximate surface area is 207 Å². The smallest absolute Gasteiger partial charge is 0.220 e. The number of anilines is 2. The van der Waals surface area contributed by atoms with E-state index < -0.39 is 10.0 Å². The lowest BCUT2D eigenvalue weighted by Crippen LogP contribution is -2.61. The van der Waals surface area contributed by atoms with E-state index in [2.05, 4.69) is 45.2 Å². The molecule has 0 aliphatic carbocycles. The van der Waals surface area contributed by atoms with Gasteiger partial charge >= 0.3 is 0 Å². The van der Waals surface area contributed by atoms with Crippen molar-refractivity contribution in [2.24, 2.45) is 0 Å². The molecule has 4 aliphatic heterocycles. The maximum atomic E-state index is 13.4. The largest absolute Gasteiger partial charge is 0.367 e. The van der Waals surface area contributed by atoms with Gasteiger partial charge in [-0.3, -0.25) is 10.4 Å². The van der Waals surface area contributed by atoms with Crippen LogP contribution in [0.2, 0.25) is 0 Å². The van der Waals surface area contributed by atoms with Crippen LogP contribution in [0, 0.1) is 0 Å². The molecule has 5 atom stereocenters. The van der Waals surface area contributed by atoms with Crippen LogP contribution in [0.15, 0.2) is 24.4 Å². The number of sulfonamides is 1. The molecule has 4 fully saturated rings. The van der Waals surface area contributed by atoms with E-state index in [0.29, 0.717) is 19.1 Å². The predicted octanol–water partition coefficient (Wildman–Crippen LogP) is 1.70. The number of hydrogen-bond donors (Lipinski definition) is 4. The summed E-state index contributed by atoms with van der Waals surface area (Å²) in [5.74, 6) is 1.59. The van der Waals surface area contributed by atoms with E-state index in [4.69, 9.17) is 4.98 Å². The van der Waals surface area contributed by atoms with Crippen LogP contribution >= 0.6 is 0 Å². The Bertz CT molecular complexity index is 1170. The second-order valence-corrected chi connectivity index (χ2v) is 12.7. The van der Waals surface area contributed by atoms with Crippen LogP contribution in [0.4, 0.5) is 11.6 Å². The van der Waals surface area contributed by atoms with Gasteiger partial charge in [0.25, 0.3) is 0 Å². The van der Waals surface area contributed by atoms with Crippen molar-refractivity contribution in [3.8, 4) is 0 Å². The highest BCUT2D eigenvalue weighted by Crippen LogP contribution is 2.41. The molecule has 2 aromatic heterocycles. The molecule has 4 saturated heterocycles. The van der Waals surface area contributed by atoms with Crippen LogP contribution in [0.1, 0.15) is 46.0 Å². The van der Waals surface area contributed by atoms with Gasteiger partial charge in [-0.1, -0.05) is 6.92 Å². The lowest BCUT2D eigenvalue weighted by molar-refractivity contribution is 0.176. The Kier molecular flexibility index (Phi) is 6.08. The molecule has 0 aromatic carbocycles. The maximum Gasteiger partial charge on any atom is 0.220 e. The molecule has 35 heavy (non-hydrogen) atoms. The molecule has 0 spiro atoms. The highest BCUT2D eigenvalue weighted by molar-refractivity contribution is 7.89. The fourth-order valence-corrected chi connectivity index (χ4v) is 8.61. The Morgan fingerprint density at radius 1 is 1.11 bits per heavy atom. The second kappa shape index (κ2) is 9.11. The van der Waals surface area contributed by atoms with E-state index in [1.807, 2.05) is 22.5 Å². The number of hydrogen-bond acceptors (Lipinski definition) is 9. The Balaban J connectivity index is 1.19. The number of hydrazine groups is 1. The molecule has 4 N–H and O–H groups in total. The highest BCUT2D eigenvalue weighted by atomic mass is 32.2. The van der Waals surface area contributed by atoms with Crippen LogP contribution in [0.5, 0.6) is 0 Å². The van der Waals surface area contributed by atoms with Gasteiger partial charge in [-0.15, -0.1) is 0 Å². The van der Waals surface area contributed by atoms with Crippen LogP contribution in [-0.2, 0) is 10.0 Å². The number of nitrogens with one attached hydrogen (secondary N) is 4. The van der Waals surface area contributed by atoms with Crippen molar-refractivity contribution in [2.75, 3.05) is 30.3 Å². The predicted molar refractivity (Wildman–Crippen MR) is 137 cm³/mol. The lowest BCUT2D eigenvalue weighted by atomic mass is 9.99. The molecule has 3 unspecified atom stereocenters. The zero-order chi connectivity index (χ0) is 24.2. The van der Waals surface area contributed by atoms with Crippen molar-refractivity contribution in [1.29, 1.82) is 0 Å². The Morgan fingerprint density at radius 3 is 2.57 bits per heavy atom. The SMILES string of the molecule is CCN1CC(S(=O)(=O)N2[C@@H]3CC[C@H]2CC(Nc2nc(NC4CC(C)NN4)cc4ncccc24)C3)C1. The van der Waals surface area contributed by atoms with Gasteiger partial charge in [-0.05, 0) is 57.7 Å². The highest BCUT2D eigenvalue weighted by Gasteiger charge is 2.51.